The molecule has 2 rings (SSSR count). The molecule has 0 aliphatic heterocycles. The van der Waals surface area contributed by atoms with Gasteiger partial charge >= 0.3 is 0 Å². The molecule has 0 aliphatic carbocycles. The molecule has 0 atom stereocenters. The maximum Gasteiger partial charge on any atom is 0.0681 e. The molecule has 2 aromatic rings. The molecule has 94 valence electrons. The van der Waals surface area contributed by atoms with E-state index < -0.39 is 0 Å². The molecule has 0 aliphatic rings. The number of nitrogens with one attached hydrogen (secondary N) is 1. The summed E-state index contributed by atoms with van der Waals surface area (Å²) in [6.07, 6.45) is 0. The molecule has 18 heavy (non-hydrogen) atoms. The summed E-state index contributed by atoms with van der Waals surface area (Å²) in [7, 11) is 1.96. The van der Waals surface area contributed by atoms with E-state index in [2.05, 4.69) is 29.6 Å². The normalized spacial score (nSPS) is 10.6. The average molecular weight is 259 g/mol. The summed E-state index contributed by atoms with van der Waals surface area (Å²) in [5, 5.41) is 12.2. The van der Waals surface area contributed by atoms with Crippen LogP contribution in [0.3, 0.4) is 0 Å². The first-order valence-electron chi connectivity index (χ1n) is 5.93. The highest BCUT2D eigenvalue weighted by molar-refractivity contribution is 7.99. The molecule has 0 unspecified atom stereocenters. The van der Waals surface area contributed by atoms with Crippen molar-refractivity contribution in [2.75, 3.05) is 7.05 Å². The van der Waals surface area contributed by atoms with Gasteiger partial charge in [-0.2, -0.15) is 0 Å². The first-order chi connectivity index (χ1) is 8.83. The van der Waals surface area contributed by atoms with Crippen molar-refractivity contribution in [3.05, 3.63) is 59.7 Å². The maximum absolute atomic E-state index is 9.02. The molecule has 0 aromatic heterocycles. The van der Waals surface area contributed by atoms with Crippen molar-refractivity contribution in [3.8, 4) is 0 Å². The van der Waals surface area contributed by atoms with Gasteiger partial charge in [0.05, 0.1) is 6.61 Å². The van der Waals surface area contributed by atoms with Gasteiger partial charge in [0.15, 0.2) is 0 Å². The van der Waals surface area contributed by atoms with Crippen LogP contribution in [-0.2, 0) is 13.2 Å². The third-order valence-electron chi connectivity index (χ3n) is 2.67. The minimum Gasteiger partial charge on any atom is -0.392 e. The predicted octanol–water partition coefficient (Wildman–Crippen LogP) is 3.05. The Kier molecular flexibility index (Phi) is 4.81. The van der Waals surface area contributed by atoms with Crippen LogP contribution in [0, 0.1) is 0 Å². The zero-order valence-corrected chi connectivity index (χ0v) is 11.2. The molecule has 0 saturated carbocycles. The number of hydrogen-bond donors (Lipinski definition) is 2. The van der Waals surface area contributed by atoms with Gasteiger partial charge in [-0.05, 0) is 36.4 Å². The molecule has 0 heterocycles. The molecular formula is C15H17NOS. The topological polar surface area (TPSA) is 32.3 Å². The highest BCUT2D eigenvalue weighted by atomic mass is 32.2. The fraction of sp³-hybridized carbons (Fsp3) is 0.200. The second-order valence-electron chi connectivity index (χ2n) is 4.04. The quantitative estimate of drug-likeness (QED) is 0.865. The smallest absolute Gasteiger partial charge is 0.0681 e. The SMILES string of the molecule is CNCc1ccccc1Sc1ccc(CO)cc1. The third-order valence-corrected chi connectivity index (χ3v) is 3.80. The summed E-state index contributed by atoms with van der Waals surface area (Å²) in [6, 6.07) is 16.4. The third kappa shape index (κ3) is 3.35. The minimum atomic E-state index is 0.0985. The van der Waals surface area contributed by atoms with Crippen LogP contribution in [0.5, 0.6) is 0 Å². The van der Waals surface area contributed by atoms with E-state index in [1.165, 1.54) is 15.4 Å². The van der Waals surface area contributed by atoms with Gasteiger partial charge in [0, 0.05) is 16.3 Å². The maximum atomic E-state index is 9.02. The lowest BCUT2D eigenvalue weighted by Gasteiger charge is -2.08. The lowest BCUT2D eigenvalue weighted by atomic mass is 10.2. The van der Waals surface area contributed by atoms with Gasteiger partial charge in [0.2, 0.25) is 0 Å². The Hall–Kier alpha value is -1.29. The molecule has 0 fully saturated rings. The summed E-state index contributed by atoms with van der Waals surface area (Å²) in [4.78, 5) is 2.46. The molecule has 0 saturated heterocycles. The van der Waals surface area contributed by atoms with Crippen LogP contribution in [0.2, 0.25) is 0 Å². The second kappa shape index (κ2) is 6.59. The van der Waals surface area contributed by atoms with E-state index in [1.807, 2.05) is 31.3 Å². The summed E-state index contributed by atoms with van der Waals surface area (Å²) in [5.41, 5.74) is 2.25. The van der Waals surface area contributed by atoms with Gasteiger partial charge in [0.1, 0.15) is 0 Å². The van der Waals surface area contributed by atoms with E-state index in [0.29, 0.717) is 0 Å². The Morgan fingerprint density at radius 1 is 1.06 bits per heavy atom. The molecule has 0 spiro atoms. The van der Waals surface area contributed by atoms with Gasteiger partial charge in [-0.25, -0.2) is 0 Å². The fourth-order valence-electron chi connectivity index (χ4n) is 1.73. The van der Waals surface area contributed by atoms with Crippen molar-refractivity contribution in [1.29, 1.82) is 0 Å². The Balaban J connectivity index is 2.17. The number of hydrogen-bond acceptors (Lipinski definition) is 3. The summed E-state index contributed by atoms with van der Waals surface area (Å²) < 4.78 is 0. The van der Waals surface area contributed by atoms with E-state index in [1.54, 1.807) is 11.8 Å². The minimum absolute atomic E-state index is 0.0985. The molecule has 2 aromatic carbocycles. The van der Waals surface area contributed by atoms with Gasteiger partial charge in [0.25, 0.3) is 0 Å². The van der Waals surface area contributed by atoms with Crippen LogP contribution < -0.4 is 5.32 Å². The number of aliphatic hydroxyl groups is 1. The Bertz CT molecular complexity index is 496. The molecule has 0 radical (unpaired) electrons. The van der Waals surface area contributed by atoms with Gasteiger partial charge in [-0.3, -0.25) is 0 Å². The van der Waals surface area contributed by atoms with Crippen molar-refractivity contribution in [1.82, 2.24) is 5.32 Å². The van der Waals surface area contributed by atoms with Crippen LogP contribution in [0.25, 0.3) is 0 Å². The van der Waals surface area contributed by atoms with E-state index in [-0.39, 0.29) is 6.61 Å². The van der Waals surface area contributed by atoms with Crippen molar-refractivity contribution in [3.63, 3.8) is 0 Å². The Morgan fingerprint density at radius 3 is 2.44 bits per heavy atom. The van der Waals surface area contributed by atoms with Gasteiger partial charge in [-0.1, -0.05) is 42.1 Å². The van der Waals surface area contributed by atoms with Gasteiger partial charge < -0.3 is 10.4 Å². The number of benzene rings is 2. The molecule has 0 amide bonds. The zero-order valence-electron chi connectivity index (χ0n) is 10.4. The lowest BCUT2D eigenvalue weighted by molar-refractivity contribution is 0.282. The largest absolute Gasteiger partial charge is 0.392 e. The number of rotatable bonds is 5. The van der Waals surface area contributed by atoms with E-state index >= 15 is 0 Å². The summed E-state index contributed by atoms with van der Waals surface area (Å²) >= 11 is 1.75. The highest BCUT2D eigenvalue weighted by Gasteiger charge is 2.03. The van der Waals surface area contributed by atoms with Crippen molar-refractivity contribution < 1.29 is 5.11 Å². The molecule has 2 nitrogen and oxygen atoms in total. The standard InChI is InChI=1S/C15H17NOS/c1-16-10-13-4-2-3-5-15(13)18-14-8-6-12(11-17)7-9-14/h2-9,16-17H,10-11H2,1H3. The summed E-state index contributed by atoms with van der Waals surface area (Å²) in [5.74, 6) is 0. The van der Waals surface area contributed by atoms with E-state index in [9.17, 15) is 0 Å². The van der Waals surface area contributed by atoms with Crippen LogP contribution in [-0.4, -0.2) is 12.2 Å². The molecular weight excluding hydrogens is 242 g/mol. The lowest BCUT2D eigenvalue weighted by Crippen LogP contribution is -2.05. The predicted molar refractivity (Wildman–Crippen MR) is 75.7 cm³/mol. The zero-order chi connectivity index (χ0) is 12.8. The second-order valence-corrected chi connectivity index (χ2v) is 5.16. The first kappa shape index (κ1) is 13.1. The molecule has 0 bridgehead atoms. The fourth-order valence-corrected chi connectivity index (χ4v) is 2.67. The van der Waals surface area contributed by atoms with Crippen LogP contribution in [0.1, 0.15) is 11.1 Å². The monoisotopic (exact) mass is 259 g/mol. The van der Waals surface area contributed by atoms with Crippen LogP contribution in [0.4, 0.5) is 0 Å². The van der Waals surface area contributed by atoms with Gasteiger partial charge in [-0.15, -0.1) is 0 Å². The Morgan fingerprint density at radius 2 is 1.78 bits per heavy atom. The van der Waals surface area contributed by atoms with Crippen molar-refractivity contribution in [2.45, 2.75) is 22.9 Å². The summed E-state index contributed by atoms with van der Waals surface area (Å²) in [6.45, 7) is 0.971. The molecule has 2 N–H and O–H groups in total. The number of aliphatic hydroxyl groups excluding tert-OH is 1. The Labute approximate surface area is 112 Å². The first-order valence-corrected chi connectivity index (χ1v) is 6.75. The highest BCUT2D eigenvalue weighted by Crippen LogP contribution is 2.30. The van der Waals surface area contributed by atoms with Crippen LogP contribution in [0.15, 0.2) is 58.3 Å². The van der Waals surface area contributed by atoms with E-state index in [4.69, 9.17) is 5.11 Å². The van der Waals surface area contributed by atoms with Crippen LogP contribution >= 0.6 is 11.8 Å². The van der Waals surface area contributed by atoms with E-state index in [0.717, 1.165) is 12.1 Å². The molecule has 3 heteroatoms. The van der Waals surface area contributed by atoms with Crippen molar-refractivity contribution in [2.24, 2.45) is 0 Å². The average Bonchev–Trinajstić information content (AvgIpc) is 2.42. The van der Waals surface area contributed by atoms with Crippen molar-refractivity contribution >= 4 is 11.8 Å².